The molecule has 0 aromatic heterocycles. The Morgan fingerprint density at radius 1 is 0.833 bits per heavy atom. The summed E-state index contributed by atoms with van der Waals surface area (Å²) in [6.45, 7) is 5.04. The Balaban J connectivity index is 2.05. The number of benzene rings is 2. The lowest BCUT2D eigenvalue weighted by atomic mass is 10.0. The van der Waals surface area contributed by atoms with Gasteiger partial charge in [-0.15, -0.1) is 0 Å². The van der Waals surface area contributed by atoms with Gasteiger partial charge in [-0.1, -0.05) is 30.3 Å². The molecule has 0 aliphatic heterocycles. The van der Waals surface area contributed by atoms with Crippen LogP contribution in [0.5, 0.6) is 0 Å². The van der Waals surface area contributed by atoms with Crippen LogP contribution in [0.25, 0.3) is 0 Å². The zero-order valence-electron chi connectivity index (χ0n) is 14.1. The standard InChI is InChI=1S/C19H22F2O2S/c1-19(2,3)24(22,23)13-15-9-7-14(8-10-15)11-12-16-17(20)5-4-6-18(16)21/h4-10H,11-13H2,1-3H3. The van der Waals surface area contributed by atoms with Gasteiger partial charge in [0, 0.05) is 5.56 Å². The number of hydrogen-bond acceptors (Lipinski definition) is 2. The summed E-state index contributed by atoms with van der Waals surface area (Å²) in [7, 11) is -3.23. The van der Waals surface area contributed by atoms with E-state index >= 15 is 0 Å². The molecule has 130 valence electrons. The highest BCUT2D eigenvalue weighted by Crippen LogP contribution is 2.21. The van der Waals surface area contributed by atoms with E-state index < -0.39 is 26.2 Å². The molecule has 5 heteroatoms. The Labute approximate surface area is 142 Å². The van der Waals surface area contributed by atoms with Crippen LogP contribution in [0.4, 0.5) is 8.78 Å². The summed E-state index contributed by atoms with van der Waals surface area (Å²) < 4.78 is 50.8. The van der Waals surface area contributed by atoms with Crippen molar-refractivity contribution in [3.63, 3.8) is 0 Å². The summed E-state index contributed by atoms with van der Waals surface area (Å²) in [5, 5.41) is 0. The summed E-state index contributed by atoms with van der Waals surface area (Å²) in [5.74, 6) is -1.09. The largest absolute Gasteiger partial charge is 0.228 e. The minimum Gasteiger partial charge on any atom is -0.228 e. The van der Waals surface area contributed by atoms with Crippen LogP contribution in [0.1, 0.15) is 37.5 Å². The first-order valence-electron chi connectivity index (χ1n) is 7.83. The molecular formula is C19H22F2O2S. The second-order valence-corrected chi connectivity index (χ2v) is 9.63. The number of rotatable bonds is 5. The van der Waals surface area contributed by atoms with Crippen molar-refractivity contribution in [2.24, 2.45) is 0 Å². The maximum absolute atomic E-state index is 13.6. The van der Waals surface area contributed by atoms with E-state index in [1.54, 1.807) is 32.9 Å². The molecule has 0 heterocycles. The lowest BCUT2D eigenvalue weighted by molar-refractivity contribution is 0.554. The first-order valence-corrected chi connectivity index (χ1v) is 9.48. The number of aryl methyl sites for hydroxylation is 1. The molecule has 0 saturated carbocycles. The van der Waals surface area contributed by atoms with Crippen molar-refractivity contribution >= 4 is 9.84 Å². The average Bonchev–Trinajstić information content (AvgIpc) is 2.47. The van der Waals surface area contributed by atoms with Gasteiger partial charge in [0.2, 0.25) is 0 Å². The van der Waals surface area contributed by atoms with E-state index in [4.69, 9.17) is 0 Å². The highest BCUT2D eigenvalue weighted by Gasteiger charge is 2.28. The van der Waals surface area contributed by atoms with E-state index in [0.29, 0.717) is 12.0 Å². The normalized spacial score (nSPS) is 12.4. The molecule has 0 fully saturated rings. The summed E-state index contributed by atoms with van der Waals surface area (Å²) in [6.07, 6.45) is 0.752. The predicted molar refractivity (Wildman–Crippen MR) is 92.6 cm³/mol. The van der Waals surface area contributed by atoms with Crippen molar-refractivity contribution in [2.75, 3.05) is 0 Å². The van der Waals surface area contributed by atoms with Gasteiger partial charge in [0.1, 0.15) is 11.6 Å². The second kappa shape index (κ2) is 7.01. The van der Waals surface area contributed by atoms with E-state index in [2.05, 4.69) is 0 Å². The fourth-order valence-electron chi connectivity index (χ4n) is 2.28. The minimum atomic E-state index is -3.23. The van der Waals surface area contributed by atoms with E-state index in [0.717, 1.165) is 5.56 Å². The van der Waals surface area contributed by atoms with Crippen LogP contribution in [0, 0.1) is 11.6 Å². The van der Waals surface area contributed by atoms with E-state index in [-0.39, 0.29) is 17.7 Å². The van der Waals surface area contributed by atoms with Crippen molar-refractivity contribution in [2.45, 2.75) is 44.1 Å². The number of sulfone groups is 1. The highest BCUT2D eigenvalue weighted by molar-refractivity contribution is 7.91. The number of halogens is 2. The fraction of sp³-hybridized carbons (Fsp3) is 0.368. The third kappa shape index (κ3) is 4.41. The highest BCUT2D eigenvalue weighted by atomic mass is 32.2. The van der Waals surface area contributed by atoms with Crippen LogP contribution in [0.15, 0.2) is 42.5 Å². The van der Waals surface area contributed by atoms with Gasteiger partial charge in [0.25, 0.3) is 0 Å². The van der Waals surface area contributed by atoms with E-state index in [1.165, 1.54) is 18.2 Å². The Morgan fingerprint density at radius 2 is 1.33 bits per heavy atom. The third-order valence-corrected chi connectivity index (χ3v) is 6.62. The monoisotopic (exact) mass is 352 g/mol. The summed E-state index contributed by atoms with van der Waals surface area (Å²) >= 11 is 0. The van der Waals surface area contributed by atoms with Crippen LogP contribution in [-0.4, -0.2) is 13.2 Å². The van der Waals surface area contributed by atoms with Gasteiger partial charge < -0.3 is 0 Å². The molecule has 2 aromatic rings. The lowest BCUT2D eigenvalue weighted by Crippen LogP contribution is -2.29. The van der Waals surface area contributed by atoms with Gasteiger partial charge in [-0.25, -0.2) is 17.2 Å². The molecule has 0 N–H and O–H groups in total. The molecule has 0 radical (unpaired) electrons. The zero-order valence-corrected chi connectivity index (χ0v) is 15.0. The van der Waals surface area contributed by atoms with Gasteiger partial charge >= 0.3 is 0 Å². The summed E-state index contributed by atoms with van der Waals surface area (Å²) in [5.41, 5.74) is 1.71. The Morgan fingerprint density at radius 3 is 1.83 bits per heavy atom. The second-order valence-electron chi connectivity index (χ2n) is 6.89. The minimum absolute atomic E-state index is 0.0152. The molecule has 2 aromatic carbocycles. The van der Waals surface area contributed by atoms with Crippen molar-refractivity contribution in [3.8, 4) is 0 Å². The van der Waals surface area contributed by atoms with Gasteiger partial charge in [-0.2, -0.15) is 0 Å². The molecular weight excluding hydrogens is 330 g/mol. The van der Waals surface area contributed by atoms with Crippen LogP contribution >= 0.6 is 0 Å². The van der Waals surface area contributed by atoms with Gasteiger partial charge in [0.15, 0.2) is 9.84 Å². The quantitative estimate of drug-likeness (QED) is 0.796. The van der Waals surface area contributed by atoms with E-state index in [1.807, 2.05) is 12.1 Å². The fourth-order valence-corrected chi connectivity index (χ4v) is 3.34. The predicted octanol–water partition coefficient (Wildman–Crippen LogP) is 4.46. The summed E-state index contributed by atoms with van der Waals surface area (Å²) in [4.78, 5) is 0. The Kier molecular flexibility index (Phi) is 5.43. The molecule has 0 amide bonds. The van der Waals surface area contributed by atoms with Gasteiger partial charge in [-0.05, 0) is 56.9 Å². The van der Waals surface area contributed by atoms with Crippen molar-refractivity contribution in [1.82, 2.24) is 0 Å². The molecule has 0 aliphatic carbocycles. The maximum atomic E-state index is 13.6. The lowest BCUT2D eigenvalue weighted by Gasteiger charge is -2.19. The van der Waals surface area contributed by atoms with Crippen LogP contribution in [0.2, 0.25) is 0 Å². The van der Waals surface area contributed by atoms with Crippen molar-refractivity contribution < 1.29 is 17.2 Å². The van der Waals surface area contributed by atoms with E-state index in [9.17, 15) is 17.2 Å². The van der Waals surface area contributed by atoms with Crippen LogP contribution in [0.3, 0.4) is 0 Å². The smallest absolute Gasteiger partial charge is 0.159 e. The third-order valence-electron chi connectivity index (χ3n) is 4.04. The molecule has 0 aliphatic rings. The Hall–Kier alpha value is -1.75. The zero-order chi connectivity index (χ0) is 18.0. The summed E-state index contributed by atoms with van der Waals surface area (Å²) in [6, 6.07) is 11.0. The molecule has 0 unspecified atom stereocenters. The maximum Gasteiger partial charge on any atom is 0.159 e. The Bertz CT molecular complexity index is 784. The molecule has 0 saturated heterocycles. The van der Waals surface area contributed by atoms with Crippen molar-refractivity contribution in [3.05, 3.63) is 70.8 Å². The van der Waals surface area contributed by atoms with Crippen LogP contribution < -0.4 is 0 Å². The first kappa shape index (κ1) is 18.6. The SMILES string of the molecule is CC(C)(C)S(=O)(=O)Cc1ccc(CCc2c(F)cccc2F)cc1. The number of hydrogen-bond donors (Lipinski definition) is 0. The molecule has 2 rings (SSSR count). The van der Waals surface area contributed by atoms with Gasteiger partial charge in [-0.3, -0.25) is 0 Å². The topological polar surface area (TPSA) is 34.1 Å². The van der Waals surface area contributed by atoms with Crippen LogP contribution in [-0.2, 0) is 28.4 Å². The first-order chi connectivity index (χ1) is 11.1. The molecule has 0 spiro atoms. The molecule has 0 atom stereocenters. The van der Waals surface area contributed by atoms with Crippen molar-refractivity contribution in [1.29, 1.82) is 0 Å². The van der Waals surface area contributed by atoms with Gasteiger partial charge in [0.05, 0.1) is 10.5 Å². The molecule has 2 nitrogen and oxygen atoms in total. The molecule has 24 heavy (non-hydrogen) atoms. The molecule has 0 bridgehead atoms. The average molecular weight is 352 g/mol.